The zero-order chi connectivity index (χ0) is 13.3. The fourth-order valence-electron chi connectivity index (χ4n) is 3.50. The quantitative estimate of drug-likeness (QED) is 0.681. The molecule has 98 valence electrons. The number of hydrogen-bond donors (Lipinski definition) is 0. The van der Waals surface area contributed by atoms with E-state index in [1.165, 1.54) is 36.0 Å². The van der Waals surface area contributed by atoms with Crippen LogP contribution in [0.1, 0.15) is 44.2 Å². The van der Waals surface area contributed by atoms with Gasteiger partial charge in [0.25, 0.3) is 0 Å². The summed E-state index contributed by atoms with van der Waals surface area (Å²) in [6, 6.07) is 8.90. The van der Waals surface area contributed by atoms with Crippen molar-refractivity contribution in [3.63, 3.8) is 0 Å². The van der Waals surface area contributed by atoms with Crippen molar-refractivity contribution in [2.45, 2.75) is 39.5 Å². The molecule has 1 unspecified atom stereocenters. The lowest BCUT2D eigenvalue weighted by atomic mass is 9.74. The van der Waals surface area contributed by atoms with E-state index >= 15 is 0 Å². The van der Waals surface area contributed by atoms with Crippen molar-refractivity contribution in [3.05, 3.63) is 65.3 Å². The van der Waals surface area contributed by atoms with E-state index in [0.717, 1.165) is 6.42 Å². The fourth-order valence-corrected chi connectivity index (χ4v) is 3.50. The molecule has 0 amide bonds. The van der Waals surface area contributed by atoms with Gasteiger partial charge >= 0.3 is 0 Å². The zero-order valence-electron chi connectivity index (χ0n) is 11.9. The normalized spacial score (nSPS) is 24.3. The summed E-state index contributed by atoms with van der Waals surface area (Å²) in [4.78, 5) is 0. The van der Waals surface area contributed by atoms with E-state index in [0.29, 0.717) is 0 Å². The average molecular weight is 250 g/mol. The van der Waals surface area contributed by atoms with E-state index in [9.17, 15) is 0 Å². The molecule has 0 radical (unpaired) electrons. The first-order chi connectivity index (χ1) is 9.25. The molecule has 0 aromatic heterocycles. The first-order valence-electron chi connectivity index (χ1n) is 7.42. The molecule has 0 spiro atoms. The van der Waals surface area contributed by atoms with Crippen molar-refractivity contribution >= 4 is 5.57 Å². The van der Waals surface area contributed by atoms with Crippen molar-refractivity contribution in [1.29, 1.82) is 0 Å². The summed E-state index contributed by atoms with van der Waals surface area (Å²) in [6.45, 7) is 4.70. The first-order valence-corrected chi connectivity index (χ1v) is 7.42. The highest BCUT2D eigenvalue weighted by Crippen LogP contribution is 2.52. The van der Waals surface area contributed by atoms with Crippen LogP contribution in [0.5, 0.6) is 0 Å². The number of hydrogen-bond acceptors (Lipinski definition) is 0. The molecule has 2 aliphatic rings. The molecule has 0 fully saturated rings. The maximum Gasteiger partial charge on any atom is 0.0183 e. The fraction of sp³-hybridized carbons (Fsp3) is 0.368. The van der Waals surface area contributed by atoms with Crippen LogP contribution in [0, 0.1) is 5.41 Å². The standard InChI is InChI=1S/C19H22/c1-3-4-10-16-11-6-8-13-18-17-12-7-5-9-15(17)14-19(16,18)2/h5-9,11-13H,3-4,10,14H2,1-2H3. The molecule has 1 atom stereocenters. The van der Waals surface area contributed by atoms with Crippen LogP contribution in [0.4, 0.5) is 0 Å². The highest BCUT2D eigenvalue weighted by Gasteiger charge is 2.39. The van der Waals surface area contributed by atoms with Crippen molar-refractivity contribution in [3.8, 4) is 0 Å². The van der Waals surface area contributed by atoms with Gasteiger partial charge in [0, 0.05) is 5.41 Å². The maximum absolute atomic E-state index is 2.42. The summed E-state index contributed by atoms with van der Waals surface area (Å²) in [6.07, 6.45) is 14.0. The highest BCUT2D eigenvalue weighted by atomic mass is 14.4. The SMILES string of the molecule is CCCCC1=CC=CC=C2c3ccccc3CC12C. The van der Waals surface area contributed by atoms with Gasteiger partial charge in [-0.3, -0.25) is 0 Å². The van der Waals surface area contributed by atoms with Crippen LogP contribution in [0.2, 0.25) is 0 Å². The third-order valence-corrected chi connectivity index (χ3v) is 4.63. The van der Waals surface area contributed by atoms with Gasteiger partial charge in [0.1, 0.15) is 0 Å². The van der Waals surface area contributed by atoms with Crippen LogP contribution < -0.4 is 0 Å². The highest BCUT2D eigenvalue weighted by molar-refractivity contribution is 5.81. The Labute approximate surface area is 116 Å². The third-order valence-electron chi connectivity index (χ3n) is 4.63. The molecule has 0 bridgehead atoms. The van der Waals surface area contributed by atoms with Crippen molar-refractivity contribution in [2.24, 2.45) is 5.41 Å². The van der Waals surface area contributed by atoms with Crippen LogP contribution in [-0.4, -0.2) is 0 Å². The van der Waals surface area contributed by atoms with Crippen molar-refractivity contribution in [1.82, 2.24) is 0 Å². The molecular weight excluding hydrogens is 228 g/mol. The topological polar surface area (TPSA) is 0 Å². The van der Waals surface area contributed by atoms with Gasteiger partial charge in [0.15, 0.2) is 0 Å². The predicted molar refractivity (Wildman–Crippen MR) is 83.0 cm³/mol. The van der Waals surface area contributed by atoms with Gasteiger partial charge in [0.05, 0.1) is 0 Å². The summed E-state index contributed by atoms with van der Waals surface area (Å²) in [5.74, 6) is 0. The molecular formula is C19H22. The van der Waals surface area contributed by atoms with E-state index < -0.39 is 0 Å². The molecule has 19 heavy (non-hydrogen) atoms. The van der Waals surface area contributed by atoms with E-state index in [1.54, 1.807) is 5.57 Å². The van der Waals surface area contributed by atoms with E-state index in [-0.39, 0.29) is 5.41 Å². The third kappa shape index (κ3) is 2.00. The first kappa shape index (κ1) is 12.5. The summed E-state index contributed by atoms with van der Waals surface area (Å²) in [5.41, 5.74) is 6.29. The second kappa shape index (κ2) is 4.85. The molecule has 0 heterocycles. The van der Waals surface area contributed by atoms with Crippen LogP contribution in [-0.2, 0) is 6.42 Å². The lowest BCUT2D eigenvalue weighted by molar-refractivity contribution is 0.521. The zero-order valence-corrected chi connectivity index (χ0v) is 11.9. The van der Waals surface area contributed by atoms with Crippen LogP contribution >= 0.6 is 0 Å². The van der Waals surface area contributed by atoms with Gasteiger partial charge in [-0.1, -0.05) is 74.4 Å². The van der Waals surface area contributed by atoms with Gasteiger partial charge in [0.2, 0.25) is 0 Å². The van der Waals surface area contributed by atoms with Gasteiger partial charge in [-0.2, -0.15) is 0 Å². The Hall–Kier alpha value is -1.56. The largest absolute Gasteiger partial charge is 0.0654 e. The summed E-state index contributed by atoms with van der Waals surface area (Å²) >= 11 is 0. The molecule has 0 nitrogen and oxygen atoms in total. The number of unbranched alkanes of at least 4 members (excludes halogenated alkanes) is 1. The van der Waals surface area contributed by atoms with E-state index in [2.05, 4.69) is 62.4 Å². The summed E-state index contributed by atoms with van der Waals surface area (Å²) in [7, 11) is 0. The van der Waals surface area contributed by atoms with Gasteiger partial charge in [-0.15, -0.1) is 0 Å². The van der Waals surface area contributed by atoms with Crippen LogP contribution in [0.3, 0.4) is 0 Å². The Balaban J connectivity index is 2.05. The summed E-state index contributed by atoms with van der Waals surface area (Å²) < 4.78 is 0. The maximum atomic E-state index is 2.42. The second-order valence-corrected chi connectivity index (χ2v) is 5.93. The number of rotatable bonds is 3. The minimum absolute atomic E-state index is 0.211. The number of allylic oxidation sites excluding steroid dienone is 6. The molecule has 3 rings (SSSR count). The molecule has 1 aromatic carbocycles. The van der Waals surface area contributed by atoms with Crippen molar-refractivity contribution in [2.75, 3.05) is 0 Å². The second-order valence-electron chi connectivity index (χ2n) is 5.93. The molecule has 0 aliphatic heterocycles. The Kier molecular flexibility index (Phi) is 3.18. The van der Waals surface area contributed by atoms with E-state index in [4.69, 9.17) is 0 Å². The van der Waals surface area contributed by atoms with Crippen LogP contribution in [0.25, 0.3) is 5.57 Å². The predicted octanol–water partition coefficient (Wildman–Crippen LogP) is 5.32. The minimum Gasteiger partial charge on any atom is -0.0654 e. The molecule has 0 heteroatoms. The molecule has 1 aromatic rings. The molecule has 2 aliphatic carbocycles. The smallest absolute Gasteiger partial charge is 0.0183 e. The number of benzene rings is 1. The monoisotopic (exact) mass is 250 g/mol. The molecule has 0 saturated carbocycles. The van der Waals surface area contributed by atoms with Gasteiger partial charge in [-0.25, -0.2) is 0 Å². The van der Waals surface area contributed by atoms with Crippen molar-refractivity contribution < 1.29 is 0 Å². The number of fused-ring (bicyclic) bond motifs is 3. The Morgan fingerprint density at radius 1 is 1.11 bits per heavy atom. The van der Waals surface area contributed by atoms with Gasteiger partial charge < -0.3 is 0 Å². The van der Waals surface area contributed by atoms with E-state index in [1.807, 2.05) is 0 Å². The molecule has 0 saturated heterocycles. The summed E-state index contributed by atoms with van der Waals surface area (Å²) in [5, 5.41) is 0. The average Bonchev–Trinajstić information content (AvgIpc) is 2.61. The Morgan fingerprint density at radius 2 is 1.89 bits per heavy atom. The Bertz CT molecular complexity index is 571. The lowest BCUT2D eigenvalue weighted by Gasteiger charge is -2.29. The lowest BCUT2D eigenvalue weighted by Crippen LogP contribution is -2.18. The molecule has 0 N–H and O–H groups in total. The van der Waals surface area contributed by atoms with Gasteiger partial charge in [-0.05, 0) is 36.0 Å². The van der Waals surface area contributed by atoms with Crippen LogP contribution in [0.15, 0.2) is 54.1 Å². The Morgan fingerprint density at radius 3 is 2.74 bits per heavy atom. The minimum atomic E-state index is 0.211.